The minimum absolute atomic E-state index is 0.411. The summed E-state index contributed by atoms with van der Waals surface area (Å²) in [7, 11) is 0. The van der Waals surface area contributed by atoms with Crippen LogP contribution in [0.1, 0.15) is 29.4 Å². The highest BCUT2D eigenvalue weighted by molar-refractivity contribution is 5.97. The van der Waals surface area contributed by atoms with Crippen molar-refractivity contribution >= 4 is 11.7 Å². The minimum Gasteiger partial charge on any atom is -0.365 e. The Labute approximate surface area is 107 Å². The lowest BCUT2D eigenvalue weighted by Gasteiger charge is -2.39. The van der Waals surface area contributed by atoms with E-state index in [1.165, 1.54) is 0 Å². The number of carbonyl (C=O) groups excluding carboxylic acids is 1. The first-order valence-corrected chi connectivity index (χ1v) is 6.38. The molecule has 2 heterocycles. The molecule has 0 radical (unpaired) electrons. The third kappa shape index (κ3) is 2.46. The summed E-state index contributed by atoms with van der Waals surface area (Å²) in [5, 5.41) is 3.25. The Kier molecular flexibility index (Phi) is 3.81. The summed E-state index contributed by atoms with van der Waals surface area (Å²) in [6, 6.07) is 4.01. The first-order valence-electron chi connectivity index (χ1n) is 6.38. The Bertz CT molecular complexity index is 443. The third-order valence-corrected chi connectivity index (χ3v) is 3.22. The van der Waals surface area contributed by atoms with Crippen molar-refractivity contribution in [3.63, 3.8) is 0 Å². The fraction of sp³-hybridized carbons (Fsp3) is 0.538. The number of nitrogens with zero attached hydrogens (tertiary/aromatic N) is 2. The molecule has 2 rings (SSSR count). The number of carbonyl (C=O) groups is 1. The van der Waals surface area contributed by atoms with Crippen LogP contribution in [-0.2, 0) is 0 Å². The van der Waals surface area contributed by atoms with Gasteiger partial charge in [-0.3, -0.25) is 4.79 Å². The molecule has 1 aliphatic rings. The largest absolute Gasteiger partial charge is 0.365 e. The molecule has 0 unspecified atom stereocenters. The average molecular weight is 248 g/mol. The molecule has 0 bridgehead atoms. The fourth-order valence-electron chi connectivity index (χ4n) is 2.15. The zero-order chi connectivity index (χ0) is 13.1. The smallest absolute Gasteiger partial charge is 0.252 e. The van der Waals surface area contributed by atoms with Gasteiger partial charge in [-0.1, -0.05) is 6.92 Å². The van der Waals surface area contributed by atoms with Gasteiger partial charge in [-0.05, 0) is 25.5 Å². The van der Waals surface area contributed by atoms with Gasteiger partial charge in [0.25, 0.3) is 5.91 Å². The van der Waals surface area contributed by atoms with Crippen molar-refractivity contribution in [1.82, 2.24) is 10.3 Å². The molecule has 18 heavy (non-hydrogen) atoms. The monoisotopic (exact) mass is 248 g/mol. The van der Waals surface area contributed by atoms with Gasteiger partial charge in [0, 0.05) is 25.3 Å². The predicted octanol–water partition coefficient (Wildman–Crippen LogP) is 0.677. The van der Waals surface area contributed by atoms with Gasteiger partial charge in [0.15, 0.2) is 0 Å². The summed E-state index contributed by atoms with van der Waals surface area (Å²) in [5.41, 5.74) is 6.86. The number of hydrogen-bond donors (Lipinski definition) is 2. The Balaban J connectivity index is 2.37. The highest BCUT2D eigenvalue weighted by atomic mass is 16.1. The second-order valence-corrected chi connectivity index (χ2v) is 4.69. The van der Waals surface area contributed by atoms with Crippen molar-refractivity contribution in [2.45, 2.75) is 26.3 Å². The van der Waals surface area contributed by atoms with Crippen molar-refractivity contribution in [1.29, 1.82) is 0 Å². The fourth-order valence-corrected chi connectivity index (χ4v) is 2.15. The second kappa shape index (κ2) is 5.35. The topological polar surface area (TPSA) is 71.2 Å². The van der Waals surface area contributed by atoms with E-state index in [2.05, 4.69) is 22.1 Å². The van der Waals surface area contributed by atoms with Gasteiger partial charge in [-0.2, -0.15) is 0 Å². The van der Waals surface area contributed by atoms with Crippen molar-refractivity contribution in [2.75, 3.05) is 24.5 Å². The number of amides is 1. The van der Waals surface area contributed by atoms with Crippen molar-refractivity contribution in [3.05, 3.63) is 23.4 Å². The average Bonchev–Trinajstić information content (AvgIpc) is 2.25. The molecule has 0 aromatic carbocycles. The van der Waals surface area contributed by atoms with Crippen LogP contribution in [0.2, 0.25) is 0 Å². The van der Waals surface area contributed by atoms with Gasteiger partial charge in [-0.15, -0.1) is 0 Å². The van der Waals surface area contributed by atoms with Crippen LogP contribution in [0, 0.1) is 6.92 Å². The van der Waals surface area contributed by atoms with Gasteiger partial charge in [0.05, 0.1) is 11.6 Å². The van der Waals surface area contributed by atoms with E-state index in [1.54, 1.807) is 6.07 Å². The van der Waals surface area contributed by atoms with E-state index in [1.807, 2.05) is 13.0 Å². The zero-order valence-electron chi connectivity index (χ0n) is 10.9. The van der Waals surface area contributed by atoms with E-state index in [4.69, 9.17) is 5.73 Å². The van der Waals surface area contributed by atoms with Gasteiger partial charge >= 0.3 is 0 Å². The molecule has 1 aromatic rings. The highest BCUT2D eigenvalue weighted by Gasteiger charge is 2.27. The summed E-state index contributed by atoms with van der Waals surface area (Å²) in [5.74, 6) is 0.321. The number of nitrogens with one attached hydrogen (secondary N) is 1. The van der Waals surface area contributed by atoms with Gasteiger partial charge < -0.3 is 16.0 Å². The highest BCUT2D eigenvalue weighted by Crippen LogP contribution is 2.22. The number of pyridine rings is 1. The normalized spacial score (nSPS) is 15.2. The molecule has 1 amide bonds. The number of anilines is 1. The van der Waals surface area contributed by atoms with Crippen LogP contribution in [0.3, 0.4) is 0 Å². The maximum atomic E-state index is 11.5. The third-order valence-electron chi connectivity index (χ3n) is 3.22. The van der Waals surface area contributed by atoms with E-state index in [0.717, 1.165) is 37.6 Å². The number of aromatic nitrogens is 1. The second-order valence-electron chi connectivity index (χ2n) is 4.69. The van der Waals surface area contributed by atoms with Crippen LogP contribution in [0.5, 0.6) is 0 Å². The van der Waals surface area contributed by atoms with E-state index in [9.17, 15) is 4.79 Å². The van der Waals surface area contributed by atoms with E-state index in [0.29, 0.717) is 11.6 Å². The SMILES string of the molecule is CCCN(c1nc(C)ccc1C(N)=O)C1CNC1. The number of nitrogens with two attached hydrogens (primary N) is 1. The molecular weight excluding hydrogens is 228 g/mol. The Morgan fingerprint density at radius 3 is 2.78 bits per heavy atom. The standard InChI is InChI=1S/C13H20N4O/c1-3-6-17(10-7-15-8-10)13-11(12(14)18)5-4-9(2)16-13/h4-5,10,15H,3,6-8H2,1-2H3,(H2,14,18). The Morgan fingerprint density at radius 2 is 2.28 bits per heavy atom. The number of aryl methyl sites for hydroxylation is 1. The summed E-state index contributed by atoms with van der Waals surface area (Å²) >= 11 is 0. The first kappa shape index (κ1) is 12.8. The molecule has 5 nitrogen and oxygen atoms in total. The molecule has 98 valence electrons. The lowest BCUT2D eigenvalue weighted by Crippen LogP contribution is -2.58. The van der Waals surface area contributed by atoms with Crippen LogP contribution in [0.25, 0.3) is 0 Å². The summed E-state index contributed by atoms with van der Waals surface area (Å²) in [6.07, 6.45) is 1.02. The maximum absolute atomic E-state index is 11.5. The number of rotatable bonds is 5. The Hall–Kier alpha value is -1.62. The minimum atomic E-state index is -0.411. The molecule has 0 atom stereocenters. The van der Waals surface area contributed by atoms with Crippen LogP contribution in [-0.4, -0.2) is 36.6 Å². The predicted molar refractivity (Wildman–Crippen MR) is 71.8 cm³/mol. The van der Waals surface area contributed by atoms with Crippen LogP contribution >= 0.6 is 0 Å². The van der Waals surface area contributed by atoms with Crippen LogP contribution in [0.15, 0.2) is 12.1 Å². The maximum Gasteiger partial charge on any atom is 0.252 e. The Morgan fingerprint density at radius 1 is 1.56 bits per heavy atom. The zero-order valence-corrected chi connectivity index (χ0v) is 10.9. The molecule has 0 saturated carbocycles. The van der Waals surface area contributed by atoms with Crippen molar-refractivity contribution < 1.29 is 4.79 Å². The lowest BCUT2D eigenvalue weighted by molar-refractivity contribution is 0.1000. The molecular formula is C13H20N4O. The molecule has 1 aliphatic heterocycles. The summed E-state index contributed by atoms with van der Waals surface area (Å²) in [4.78, 5) is 18.2. The van der Waals surface area contributed by atoms with E-state index in [-0.39, 0.29) is 0 Å². The summed E-state index contributed by atoms with van der Waals surface area (Å²) < 4.78 is 0. The molecule has 0 aliphatic carbocycles. The molecule has 1 aromatic heterocycles. The van der Waals surface area contributed by atoms with E-state index < -0.39 is 5.91 Å². The molecule has 1 fully saturated rings. The molecule has 1 saturated heterocycles. The van der Waals surface area contributed by atoms with Crippen molar-refractivity contribution in [3.8, 4) is 0 Å². The van der Waals surface area contributed by atoms with Gasteiger partial charge in [0.1, 0.15) is 5.82 Å². The van der Waals surface area contributed by atoms with Gasteiger partial charge in [0.2, 0.25) is 0 Å². The van der Waals surface area contributed by atoms with Crippen LogP contribution < -0.4 is 16.0 Å². The van der Waals surface area contributed by atoms with Crippen LogP contribution in [0.4, 0.5) is 5.82 Å². The quantitative estimate of drug-likeness (QED) is 0.803. The number of hydrogen-bond acceptors (Lipinski definition) is 4. The molecule has 0 spiro atoms. The molecule has 5 heteroatoms. The van der Waals surface area contributed by atoms with E-state index >= 15 is 0 Å². The van der Waals surface area contributed by atoms with Crippen molar-refractivity contribution in [2.24, 2.45) is 5.73 Å². The first-order chi connectivity index (χ1) is 8.63. The number of primary amides is 1. The van der Waals surface area contributed by atoms with Gasteiger partial charge in [-0.25, -0.2) is 4.98 Å². The molecule has 3 N–H and O–H groups in total. The summed E-state index contributed by atoms with van der Waals surface area (Å²) in [6.45, 7) is 6.82. The lowest BCUT2D eigenvalue weighted by atomic mass is 10.1.